The van der Waals surface area contributed by atoms with E-state index in [1.807, 2.05) is 19.9 Å². The molecule has 91 valence electrons. The van der Waals surface area contributed by atoms with Gasteiger partial charge in [0, 0.05) is 5.56 Å². The number of benzene rings is 1. The molecule has 0 spiro atoms. The zero-order valence-corrected chi connectivity index (χ0v) is 10.7. The smallest absolute Gasteiger partial charge is 0.330 e. The van der Waals surface area contributed by atoms with Gasteiger partial charge in [0.05, 0.1) is 11.2 Å². The lowest BCUT2D eigenvalue weighted by molar-refractivity contribution is -0.0893. The Morgan fingerprint density at radius 1 is 1.29 bits per heavy atom. The SMILES string of the molecule is CC(C)(O)C(C)(C)O[B]c1cccc(C=O)c1. The van der Waals surface area contributed by atoms with Gasteiger partial charge in [-0.15, -0.1) is 0 Å². The van der Waals surface area contributed by atoms with Crippen molar-refractivity contribution in [3.63, 3.8) is 0 Å². The quantitative estimate of drug-likeness (QED) is 0.616. The van der Waals surface area contributed by atoms with E-state index in [1.54, 1.807) is 39.5 Å². The van der Waals surface area contributed by atoms with Gasteiger partial charge >= 0.3 is 7.48 Å². The van der Waals surface area contributed by atoms with Gasteiger partial charge in [-0.2, -0.15) is 0 Å². The molecule has 17 heavy (non-hydrogen) atoms. The molecule has 1 aromatic carbocycles. The van der Waals surface area contributed by atoms with Crippen molar-refractivity contribution >= 4 is 19.2 Å². The van der Waals surface area contributed by atoms with E-state index in [9.17, 15) is 9.90 Å². The van der Waals surface area contributed by atoms with Crippen LogP contribution in [-0.4, -0.2) is 30.1 Å². The molecule has 0 saturated carbocycles. The van der Waals surface area contributed by atoms with Crippen LogP contribution < -0.4 is 5.46 Å². The van der Waals surface area contributed by atoms with Gasteiger partial charge < -0.3 is 9.76 Å². The van der Waals surface area contributed by atoms with Gasteiger partial charge in [0.2, 0.25) is 0 Å². The molecule has 0 aliphatic rings. The van der Waals surface area contributed by atoms with E-state index in [4.69, 9.17) is 4.65 Å². The lowest BCUT2D eigenvalue weighted by Crippen LogP contribution is -2.49. The Morgan fingerprint density at radius 3 is 2.47 bits per heavy atom. The van der Waals surface area contributed by atoms with Crippen LogP contribution in [0.4, 0.5) is 0 Å². The minimum Gasteiger partial charge on any atom is -0.427 e. The van der Waals surface area contributed by atoms with Crippen molar-refractivity contribution in [1.29, 1.82) is 0 Å². The average Bonchev–Trinajstić information content (AvgIpc) is 2.25. The van der Waals surface area contributed by atoms with E-state index in [2.05, 4.69) is 0 Å². The molecular formula is C13H18BO3. The molecule has 4 heteroatoms. The molecule has 0 saturated heterocycles. The Hall–Kier alpha value is -1.13. The van der Waals surface area contributed by atoms with Crippen LogP contribution in [0.25, 0.3) is 0 Å². The molecule has 0 aliphatic carbocycles. The highest BCUT2D eigenvalue weighted by molar-refractivity contribution is 6.47. The molecule has 0 bridgehead atoms. The number of aliphatic hydroxyl groups is 1. The first-order valence-corrected chi connectivity index (χ1v) is 5.55. The molecule has 0 amide bonds. The second-order valence-electron chi connectivity index (χ2n) is 5.09. The normalized spacial score (nSPS) is 12.3. The molecule has 1 N–H and O–H groups in total. The molecule has 1 radical (unpaired) electrons. The molecule has 0 atom stereocenters. The Labute approximate surface area is 103 Å². The first-order valence-electron chi connectivity index (χ1n) is 5.55. The number of rotatable bonds is 5. The zero-order valence-electron chi connectivity index (χ0n) is 10.7. The Bertz CT molecular complexity index is 394. The van der Waals surface area contributed by atoms with Crippen molar-refractivity contribution in [3.8, 4) is 0 Å². The van der Waals surface area contributed by atoms with Gasteiger partial charge in [-0.3, -0.25) is 4.79 Å². The maximum atomic E-state index is 10.6. The van der Waals surface area contributed by atoms with Gasteiger partial charge in [0.15, 0.2) is 0 Å². The summed E-state index contributed by atoms with van der Waals surface area (Å²) in [5, 5.41) is 9.92. The van der Waals surface area contributed by atoms with Gasteiger partial charge in [-0.25, -0.2) is 0 Å². The maximum Gasteiger partial charge on any atom is 0.330 e. The van der Waals surface area contributed by atoms with Crippen LogP contribution in [0.3, 0.4) is 0 Å². The van der Waals surface area contributed by atoms with Crippen molar-refractivity contribution in [3.05, 3.63) is 29.8 Å². The standard InChI is InChI=1S/C13H18BO3/c1-12(2,16)13(3,4)17-14-11-7-5-6-10(8-11)9-15/h5-9,16H,1-4H3. The minimum atomic E-state index is -0.953. The highest BCUT2D eigenvalue weighted by Crippen LogP contribution is 2.24. The lowest BCUT2D eigenvalue weighted by Gasteiger charge is -2.37. The fourth-order valence-corrected chi connectivity index (χ4v) is 1.07. The summed E-state index contributed by atoms with van der Waals surface area (Å²) in [6.07, 6.45) is 0.790. The summed E-state index contributed by atoms with van der Waals surface area (Å²) < 4.78 is 5.59. The third kappa shape index (κ3) is 3.68. The maximum absolute atomic E-state index is 10.6. The predicted octanol–water partition coefficient (Wildman–Crippen LogP) is 1.31. The van der Waals surface area contributed by atoms with Crippen LogP contribution in [0.15, 0.2) is 24.3 Å². The molecular weight excluding hydrogens is 215 g/mol. The fraction of sp³-hybridized carbons (Fsp3) is 0.462. The molecule has 0 heterocycles. The van der Waals surface area contributed by atoms with Crippen LogP contribution in [0.1, 0.15) is 38.1 Å². The predicted molar refractivity (Wildman–Crippen MR) is 68.7 cm³/mol. The molecule has 0 aromatic heterocycles. The van der Waals surface area contributed by atoms with Crippen LogP contribution in [0.2, 0.25) is 0 Å². The van der Waals surface area contributed by atoms with E-state index in [0.29, 0.717) is 5.56 Å². The number of aldehydes is 1. The minimum absolute atomic E-state index is 0.600. The number of hydrogen-bond acceptors (Lipinski definition) is 3. The summed E-state index contributed by atoms with van der Waals surface area (Å²) in [6, 6.07) is 7.09. The van der Waals surface area contributed by atoms with E-state index in [-0.39, 0.29) is 0 Å². The third-order valence-electron chi connectivity index (χ3n) is 3.01. The van der Waals surface area contributed by atoms with E-state index >= 15 is 0 Å². The van der Waals surface area contributed by atoms with Crippen LogP contribution in [-0.2, 0) is 4.65 Å². The average molecular weight is 233 g/mol. The number of carbonyl (C=O) groups excluding carboxylic acids is 1. The number of carbonyl (C=O) groups is 1. The van der Waals surface area contributed by atoms with Gasteiger partial charge in [-0.05, 0) is 27.7 Å². The van der Waals surface area contributed by atoms with Crippen molar-refractivity contribution in [2.45, 2.75) is 38.9 Å². The van der Waals surface area contributed by atoms with Gasteiger partial charge in [0.1, 0.15) is 6.29 Å². The number of hydrogen-bond donors (Lipinski definition) is 1. The topological polar surface area (TPSA) is 46.5 Å². The highest BCUT2D eigenvalue weighted by Gasteiger charge is 2.35. The Balaban J connectivity index is 2.70. The Kier molecular flexibility index (Phi) is 4.12. The van der Waals surface area contributed by atoms with Crippen molar-refractivity contribution in [1.82, 2.24) is 0 Å². The van der Waals surface area contributed by atoms with Crippen molar-refractivity contribution < 1.29 is 14.6 Å². The summed E-state index contributed by atoms with van der Waals surface area (Å²) in [6.45, 7) is 7.02. The fourth-order valence-electron chi connectivity index (χ4n) is 1.07. The first-order chi connectivity index (χ1) is 7.76. The molecule has 3 nitrogen and oxygen atoms in total. The first kappa shape index (κ1) is 13.9. The molecule has 0 fully saturated rings. The molecule has 1 rings (SSSR count). The Morgan fingerprint density at radius 2 is 1.94 bits per heavy atom. The van der Waals surface area contributed by atoms with Crippen molar-refractivity contribution in [2.75, 3.05) is 0 Å². The zero-order chi connectivity index (χ0) is 13.1. The molecule has 1 aromatic rings. The largest absolute Gasteiger partial charge is 0.427 e. The second kappa shape index (κ2) is 5.02. The lowest BCUT2D eigenvalue weighted by atomic mass is 9.82. The summed E-state index contributed by atoms with van der Waals surface area (Å²) >= 11 is 0. The van der Waals surface area contributed by atoms with E-state index < -0.39 is 11.2 Å². The second-order valence-corrected chi connectivity index (χ2v) is 5.09. The summed E-state index contributed by atoms with van der Waals surface area (Å²) in [7, 11) is 1.56. The third-order valence-corrected chi connectivity index (χ3v) is 3.01. The highest BCUT2D eigenvalue weighted by atomic mass is 16.5. The van der Waals surface area contributed by atoms with Crippen LogP contribution >= 0.6 is 0 Å². The molecule has 0 aliphatic heterocycles. The summed E-state index contributed by atoms with van der Waals surface area (Å²) in [4.78, 5) is 10.6. The summed E-state index contributed by atoms with van der Waals surface area (Å²) in [5.74, 6) is 0. The van der Waals surface area contributed by atoms with Gasteiger partial charge in [-0.1, -0.05) is 29.7 Å². The summed E-state index contributed by atoms with van der Waals surface area (Å²) in [5.41, 5.74) is -0.258. The molecule has 0 unspecified atom stereocenters. The van der Waals surface area contributed by atoms with Crippen molar-refractivity contribution in [2.24, 2.45) is 0 Å². The van der Waals surface area contributed by atoms with Gasteiger partial charge in [0.25, 0.3) is 0 Å². The van der Waals surface area contributed by atoms with E-state index in [1.165, 1.54) is 0 Å². The monoisotopic (exact) mass is 233 g/mol. The van der Waals surface area contributed by atoms with Crippen LogP contribution in [0, 0.1) is 0 Å². The van der Waals surface area contributed by atoms with Crippen LogP contribution in [0.5, 0.6) is 0 Å². The van der Waals surface area contributed by atoms with E-state index in [0.717, 1.165) is 11.7 Å².